The van der Waals surface area contributed by atoms with E-state index in [0.717, 1.165) is 46.0 Å². The van der Waals surface area contributed by atoms with Gasteiger partial charge in [-0.2, -0.15) is 10.2 Å². The molecule has 340 valence electrons. The lowest BCUT2D eigenvalue weighted by Gasteiger charge is -2.29. The standard InChI is InChI=1S/C24H28FN5O3.C17H16FN3O2.C6H14N2/c1-27(2)20-9-10-29(15-20)24(32)30(19-8-7-17-13-26-28(3)22(17)12-19)14-18-6-5-16(11-21(18)25)23(31)33-4;1-21-16-8-14(6-5-13(16)10-20-21)19-9-12-4-3-11(7-15(12)18)17(22)23-2;1-8(2)6-3-4-7-5-6/h5-8,11-13,20H,9-10,14-15H2,1-4H3;3-8,10,19H,9H2,1-2H3;6-7H,3-5H2,1-2H3/t20-;;6-/m1.1/s1. The van der Waals surface area contributed by atoms with E-state index in [1.54, 1.807) is 43.7 Å². The van der Waals surface area contributed by atoms with Crippen LogP contribution in [0.4, 0.5) is 25.0 Å². The highest BCUT2D eigenvalue weighted by molar-refractivity contribution is 5.95. The number of hydrogen-bond acceptors (Lipinski definition) is 11. The molecule has 4 heterocycles. The molecule has 2 aliphatic rings. The van der Waals surface area contributed by atoms with E-state index in [1.165, 1.54) is 51.9 Å². The van der Waals surface area contributed by atoms with E-state index in [9.17, 15) is 23.2 Å². The molecule has 4 aromatic carbocycles. The summed E-state index contributed by atoms with van der Waals surface area (Å²) in [5.74, 6) is -2.17. The van der Waals surface area contributed by atoms with Crippen molar-refractivity contribution in [1.82, 2.24) is 39.6 Å². The molecule has 6 aromatic rings. The number of carbonyl (C=O) groups is 3. The van der Waals surface area contributed by atoms with Crippen LogP contribution in [0.3, 0.4) is 0 Å². The first-order valence-electron chi connectivity index (χ1n) is 21.1. The van der Waals surface area contributed by atoms with Crippen molar-refractivity contribution in [2.75, 3.05) is 78.8 Å². The Hall–Kier alpha value is -6.43. The normalized spacial score (nSPS) is 15.8. The average Bonchev–Trinajstić information content (AvgIpc) is 4.14. The number of benzene rings is 4. The van der Waals surface area contributed by atoms with Crippen molar-refractivity contribution in [3.05, 3.63) is 119 Å². The predicted molar refractivity (Wildman–Crippen MR) is 244 cm³/mol. The van der Waals surface area contributed by atoms with Crippen LogP contribution < -0.4 is 15.5 Å². The van der Waals surface area contributed by atoms with Crippen molar-refractivity contribution in [2.24, 2.45) is 14.1 Å². The zero-order valence-corrected chi connectivity index (χ0v) is 37.8. The van der Waals surface area contributed by atoms with E-state index in [0.29, 0.717) is 36.4 Å². The third kappa shape index (κ3) is 11.4. The van der Waals surface area contributed by atoms with E-state index in [4.69, 9.17) is 0 Å². The highest BCUT2D eigenvalue weighted by Crippen LogP contribution is 2.27. The smallest absolute Gasteiger partial charge is 0.337 e. The number of rotatable bonds is 10. The fourth-order valence-corrected chi connectivity index (χ4v) is 7.64. The average molecular weight is 881 g/mol. The van der Waals surface area contributed by atoms with Gasteiger partial charge in [0.1, 0.15) is 11.6 Å². The van der Waals surface area contributed by atoms with Crippen molar-refractivity contribution in [2.45, 2.75) is 38.0 Å². The lowest BCUT2D eigenvalue weighted by Crippen LogP contribution is -2.43. The fraction of sp³-hybridized carbons (Fsp3) is 0.383. The van der Waals surface area contributed by atoms with Crippen LogP contribution in [-0.2, 0) is 36.7 Å². The number of ether oxygens (including phenoxy) is 2. The Morgan fingerprint density at radius 2 is 1.33 bits per heavy atom. The molecule has 0 saturated carbocycles. The van der Waals surface area contributed by atoms with Gasteiger partial charge in [-0.25, -0.2) is 23.2 Å². The summed E-state index contributed by atoms with van der Waals surface area (Å²) in [6.45, 7) is 3.96. The highest BCUT2D eigenvalue weighted by Gasteiger charge is 2.32. The van der Waals surface area contributed by atoms with Gasteiger partial charge in [-0.15, -0.1) is 0 Å². The van der Waals surface area contributed by atoms with Gasteiger partial charge in [0.25, 0.3) is 0 Å². The molecule has 0 spiro atoms. The number of aromatic nitrogens is 4. The lowest BCUT2D eigenvalue weighted by molar-refractivity contribution is 0.0591. The minimum absolute atomic E-state index is 0.0264. The van der Waals surface area contributed by atoms with Gasteiger partial charge in [0.05, 0.1) is 55.3 Å². The third-order valence-corrected chi connectivity index (χ3v) is 11.7. The van der Waals surface area contributed by atoms with E-state index in [-0.39, 0.29) is 29.7 Å². The highest BCUT2D eigenvalue weighted by atomic mass is 19.1. The van der Waals surface area contributed by atoms with Gasteiger partial charge < -0.3 is 34.8 Å². The number of aryl methyl sites for hydroxylation is 2. The molecule has 2 atom stereocenters. The minimum Gasteiger partial charge on any atom is -0.465 e. The van der Waals surface area contributed by atoms with Crippen LogP contribution >= 0.6 is 0 Å². The molecule has 2 N–H and O–H groups in total. The summed E-state index contributed by atoms with van der Waals surface area (Å²) in [4.78, 5) is 44.5. The quantitative estimate of drug-likeness (QED) is 0.150. The van der Waals surface area contributed by atoms with Crippen LogP contribution in [0.5, 0.6) is 0 Å². The number of carbonyl (C=O) groups excluding carboxylic acids is 3. The molecule has 2 fully saturated rings. The minimum atomic E-state index is -0.609. The second-order valence-corrected chi connectivity index (χ2v) is 16.3. The Morgan fingerprint density at radius 1 is 0.750 bits per heavy atom. The fourth-order valence-electron chi connectivity index (χ4n) is 7.64. The Labute approximate surface area is 372 Å². The number of amides is 2. The number of hydrogen-bond donors (Lipinski definition) is 2. The third-order valence-electron chi connectivity index (χ3n) is 11.7. The van der Waals surface area contributed by atoms with Crippen molar-refractivity contribution in [1.29, 1.82) is 0 Å². The van der Waals surface area contributed by atoms with Crippen molar-refractivity contribution in [3.8, 4) is 0 Å². The van der Waals surface area contributed by atoms with Crippen molar-refractivity contribution >= 4 is 51.2 Å². The van der Waals surface area contributed by atoms with Crippen LogP contribution in [0.15, 0.2) is 85.2 Å². The SMILES string of the molecule is CN(C)[C@@H]1CCNC1.COC(=O)c1ccc(CN(C(=O)N2CC[C@@H](N(C)C)C2)c2ccc3cnn(C)c3c2)c(F)c1.COC(=O)c1ccc(CNc2ccc3cnn(C)c3c2)c(F)c1. The second kappa shape index (κ2) is 21.3. The van der Waals surface area contributed by atoms with Gasteiger partial charge in [0, 0.05) is 85.6 Å². The molecular weight excluding hydrogens is 823 g/mol. The van der Waals surface area contributed by atoms with Crippen LogP contribution in [0.2, 0.25) is 0 Å². The maximum absolute atomic E-state index is 14.9. The number of esters is 2. The van der Waals surface area contributed by atoms with Crippen LogP contribution in [-0.4, -0.2) is 133 Å². The molecule has 0 bridgehead atoms. The van der Waals surface area contributed by atoms with E-state index in [1.807, 2.05) is 64.6 Å². The summed E-state index contributed by atoms with van der Waals surface area (Å²) < 4.78 is 41.7. The molecule has 0 aliphatic carbocycles. The molecule has 2 amide bonds. The number of likely N-dealkylation sites (N-methyl/N-ethyl adjacent to an activating group) is 2. The monoisotopic (exact) mass is 880 g/mol. The maximum Gasteiger partial charge on any atom is 0.337 e. The number of nitrogens with zero attached hydrogens (tertiary/aromatic N) is 8. The van der Waals surface area contributed by atoms with Gasteiger partial charge in [-0.1, -0.05) is 12.1 Å². The second-order valence-electron chi connectivity index (χ2n) is 16.3. The van der Waals surface area contributed by atoms with E-state index in [2.05, 4.69) is 54.2 Å². The molecule has 8 rings (SSSR count). The first-order chi connectivity index (χ1) is 30.7. The predicted octanol–water partition coefficient (Wildman–Crippen LogP) is 6.28. The molecule has 2 aliphatic heterocycles. The van der Waals surface area contributed by atoms with Crippen LogP contribution in [0.25, 0.3) is 21.8 Å². The Kier molecular flexibility index (Phi) is 15.7. The zero-order valence-electron chi connectivity index (χ0n) is 37.8. The van der Waals surface area contributed by atoms with Gasteiger partial charge in [-0.3, -0.25) is 14.3 Å². The first kappa shape index (κ1) is 47.1. The van der Waals surface area contributed by atoms with Gasteiger partial charge in [-0.05, 0) is 108 Å². The summed E-state index contributed by atoms with van der Waals surface area (Å²) in [6.07, 6.45) is 5.76. The largest absolute Gasteiger partial charge is 0.465 e. The van der Waals surface area contributed by atoms with Crippen molar-refractivity contribution < 1.29 is 32.6 Å². The summed E-state index contributed by atoms with van der Waals surface area (Å²) in [6, 6.07) is 20.9. The lowest BCUT2D eigenvalue weighted by atomic mass is 10.1. The Balaban J connectivity index is 0.000000189. The maximum atomic E-state index is 14.9. The van der Waals surface area contributed by atoms with Crippen LogP contribution in [0, 0.1) is 11.6 Å². The van der Waals surface area contributed by atoms with E-state index < -0.39 is 23.6 Å². The topological polar surface area (TPSA) is 142 Å². The number of nitrogens with one attached hydrogen (secondary N) is 2. The Bertz CT molecular complexity index is 2570. The molecule has 2 saturated heterocycles. The molecule has 64 heavy (non-hydrogen) atoms. The van der Waals surface area contributed by atoms with Gasteiger partial charge in [0.15, 0.2) is 0 Å². The summed E-state index contributed by atoms with van der Waals surface area (Å²) in [5, 5.41) is 17.0. The number of anilines is 2. The molecule has 15 nitrogen and oxygen atoms in total. The van der Waals surface area contributed by atoms with Gasteiger partial charge >= 0.3 is 18.0 Å². The molecule has 0 radical (unpaired) electrons. The van der Waals surface area contributed by atoms with Crippen molar-refractivity contribution in [3.63, 3.8) is 0 Å². The number of likely N-dealkylation sites (tertiary alicyclic amines) is 1. The zero-order chi connectivity index (χ0) is 46.1. The molecular formula is C47H58F2N10O5. The van der Waals surface area contributed by atoms with E-state index >= 15 is 0 Å². The number of methoxy groups -OCH3 is 2. The molecule has 0 unspecified atom stereocenters. The van der Waals surface area contributed by atoms with Crippen LogP contribution in [0.1, 0.15) is 44.7 Å². The number of urea groups is 1. The number of fused-ring (bicyclic) bond motifs is 2. The summed E-state index contributed by atoms with van der Waals surface area (Å²) in [5.41, 5.74) is 4.51. The number of halogens is 2. The molecule has 17 heteroatoms. The molecule has 2 aromatic heterocycles. The first-order valence-corrected chi connectivity index (χ1v) is 21.1. The summed E-state index contributed by atoms with van der Waals surface area (Å²) >= 11 is 0. The summed E-state index contributed by atoms with van der Waals surface area (Å²) in [7, 11) is 14.5. The van der Waals surface area contributed by atoms with Gasteiger partial charge in [0.2, 0.25) is 0 Å². The Morgan fingerprint density at radius 3 is 1.84 bits per heavy atom.